The zero-order chi connectivity index (χ0) is 20.4. The summed E-state index contributed by atoms with van der Waals surface area (Å²) in [5, 5.41) is 0. The Kier molecular flexibility index (Phi) is 4.40. The lowest BCUT2D eigenvalue weighted by Gasteiger charge is -2.32. The molecule has 0 N–H and O–H groups in total. The first-order valence-corrected chi connectivity index (χ1v) is 11.1. The standard InChI is InChI=1S/C22H31BN2O4/c1-20(2)21(3,4)29-23(28-20)15-10-13-24-18-17(15)22(11-6-7-12-22)19(26)25(18)16-9-5-8-14-27-16/h10,13,16H,5-9,11-12,14H2,1-4H3. The largest absolute Gasteiger partial charge is 0.495 e. The van der Waals surface area contributed by atoms with E-state index in [4.69, 9.17) is 19.0 Å². The fourth-order valence-corrected chi connectivity index (χ4v) is 5.38. The topological polar surface area (TPSA) is 60.9 Å². The van der Waals surface area contributed by atoms with Crippen LogP contribution in [0, 0.1) is 0 Å². The predicted octanol–water partition coefficient (Wildman–Crippen LogP) is 3.07. The molecule has 1 aromatic rings. The van der Waals surface area contributed by atoms with Crippen LogP contribution in [0.15, 0.2) is 12.3 Å². The Bertz CT molecular complexity index is 812. The first kappa shape index (κ1) is 19.5. The Morgan fingerprint density at radius 3 is 2.38 bits per heavy atom. The predicted molar refractivity (Wildman–Crippen MR) is 111 cm³/mol. The van der Waals surface area contributed by atoms with Crippen molar-refractivity contribution in [2.45, 2.75) is 95.5 Å². The highest BCUT2D eigenvalue weighted by molar-refractivity contribution is 6.63. The lowest BCUT2D eigenvalue weighted by Crippen LogP contribution is -2.47. The minimum Gasteiger partial charge on any atom is -0.399 e. The van der Waals surface area contributed by atoms with E-state index in [1.165, 1.54) is 0 Å². The minimum absolute atomic E-state index is 0.161. The first-order valence-electron chi connectivity index (χ1n) is 11.1. The number of carbonyl (C=O) groups is 1. The van der Waals surface area contributed by atoms with E-state index >= 15 is 0 Å². The number of rotatable bonds is 2. The molecular formula is C22H31BN2O4. The molecule has 6 nitrogen and oxygen atoms in total. The molecule has 2 saturated heterocycles. The number of aromatic nitrogens is 1. The van der Waals surface area contributed by atoms with Gasteiger partial charge in [0, 0.05) is 18.4 Å². The van der Waals surface area contributed by atoms with Gasteiger partial charge in [0.05, 0.1) is 16.6 Å². The van der Waals surface area contributed by atoms with E-state index < -0.39 is 23.7 Å². The number of carbonyl (C=O) groups excluding carboxylic acids is 1. The Hall–Kier alpha value is -1.44. The monoisotopic (exact) mass is 398 g/mol. The van der Waals surface area contributed by atoms with Crippen LogP contribution in [-0.4, -0.2) is 42.0 Å². The maximum atomic E-state index is 13.8. The lowest BCUT2D eigenvalue weighted by atomic mass is 9.68. The summed E-state index contributed by atoms with van der Waals surface area (Å²) < 4.78 is 18.8. The van der Waals surface area contributed by atoms with Crippen molar-refractivity contribution < 1.29 is 18.8 Å². The number of fused-ring (bicyclic) bond motifs is 2. The van der Waals surface area contributed by atoms with E-state index in [2.05, 4.69) is 27.7 Å². The Balaban J connectivity index is 1.62. The average molecular weight is 398 g/mol. The van der Waals surface area contributed by atoms with Gasteiger partial charge in [-0.05, 0) is 71.3 Å². The summed E-state index contributed by atoms with van der Waals surface area (Å²) in [6, 6.07) is 1.99. The van der Waals surface area contributed by atoms with E-state index in [0.29, 0.717) is 6.61 Å². The van der Waals surface area contributed by atoms with Crippen LogP contribution in [0.2, 0.25) is 0 Å². The van der Waals surface area contributed by atoms with E-state index in [1.54, 1.807) is 6.20 Å². The van der Waals surface area contributed by atoms with Gasteiger partial charge in [0.15, 0.2) is 0 Å². The summed E-state index contributed by atoms with van der Waals surface area (Å²) in [6.45, 7) is 8.95. The lowest BCUT2D eigenvalue weighted by molar-refractivity contribution is -0.126. The molecule has 1 aromatic heterocycles. The molecule has 0 radical (unpaired) electrons. The molecule has 1 saturated carbocycles. The summed E-state index contributed by atoms with van der Waals surface area (Å²) >= 11 is 0. The Morgan fingerprint density at radius 2 is 1.76 bits per heavy atom. The van der Waals surface area contributed by atoms with Gasteiger partial charge in [-0.15, -0.1) is 0 Å². The second-order valence-electron chi connectivity index (χ2n) is 9.97. The number of hydrogen-bond acceptors (Lipinski definition) is 5. The van der Waals surface area contributed by atoms with Crippen molar-refractivity contribution >= 4 is 24.3 Å². The third-order valence-electron chi connectivity index (χ3n) is 7.71. The van der Waals surface area contributed by atoms with Crippen molar-refractivity contribution in [2.24, 2.45) is 0 Å². The summed E-state index contributed by atoms with van der Waals surface area (Å²) in [4.78, 5) is 20.4. The third-order valence-corrected chi connectivity index (χ3v) is 7.71. The smallest absolute Gasteiger partial charge is 0.399 e. The third kappa shape index (κ3) is 2.73. The molecule has 4 heterocycles. The van der Waals surface area contributed by atoms with Crippen molar-refractivity contribution in [1.29, 1.82) is 0 Å². The zero-order valence-electron chi connectivity index (χ0n) is 18.0. The van der Waals surface area contributed by atoms with E-state index in [9.17, 15) is 4.79 Å². The molecule has 3 fully saturated rings. The van der Waals surface area contributed by atoms with E-state index in [0.717, 1.165) is 61.8 Å². The van der Waals surface area contributed by atoms with Crippen LogP contribution in [0.1, 0.15) is 78.2 Å². The molecular weight excluding hydrogens is 367 g/mol. The maximum absolute atomic E-state index is 13.8. The van der Waals surface area contributed by atoms with Crippen LogP contribution in [0.5, 0.6) is 0 Å². The highest BCUT2D eigenvalue weighted by atomic mass is 16.7. The fraction of sp³-hybridized carbons (Fsp3) is 0.727. The number of ether oxygens (including phenoxy) is 1. The van der Waals surface area contributed by atoms with Crippen molar-refractivity contribution in [3.8, 4) is 0 Å². The van der Waals surface area contributed by atoms with Crippen LogP contribution in [-0.2, 0) is 24.3 Å². The average Bonchev–Trinajstić information content (AvgIpc) is 3.32. The van der Waals surface area contributed by atoms with Gasteiger partial charge in [-0.2, -0.15) is 0 Å². The number of hydrogen-bond donors (Lipinski definition) is 0. The van der Waals surface area contributed by atoms with Crippen LogP contribution in [0.3, 0.4) is 0 Å². The SMILES string of the molecule is CC1(C)OB(c2ccnc3c2C2(CCCC2)C(=O)N3C2CCCCO2)OC1(C)C. The van der Waals surface area contributed by atoms with Gasteiger partial charge < -0.3 is 14.0 Å². The van der Waals surface area contributed by atoms with Gasteiger partial charge in [0.25, 0.3) is 0 Å². The highest BCUT2D eigenvalue weighted by Crippen LogP contribution is 2.51. The second-order valence-corrected chi connectivity index (χ2v) is 9.97. The molecule has 3 aliphatic heterocycles. The van der Waals surface area contributed by atoms with Crippen molar-refractivity contribution in [1.82, 2.24) is 4.98 Å². The van der Waals surface area contributed by atoms with Crippen LogP contribution < -0.4 is 10.4 Å². The van der Waals surface area contributed by atoms with Crippen LogP contribution in [0.4, 0.5) is 5.82 Å². The summed E-state index contributed by atoms with van der Waals surface area (Å²) in [5.74, 6) is 0.921. The minimum atomic E-state index is -0.511. The highest BCUT2D eigenvalue weighted by Gasteiger charge is 2.59. The number of amides is 1. The molecule has 1 spiro atoms. The molecule has 156 valence electrons. The zero-order valence-corrected chi connectivity index (χ0v) is 18.0. The molecule has 5 rings (SSSR count). The molecule has 0 bridgehead atoms. The van der Waals surface area contributed by atoms with Crippen molar-refractivity contribution in [3.63, 3.8) is 0 Å². The Labute approximate surface area is 173 Å². The molecule has 7 heteroatoms. The quantitative estimate of drug-likeness (QED) is 0.717. The first-order chi connectivity index (χ1) is 13.8. The molecule has 4 aliphatic rings. The van der Waals surface area contributed by atoms with Crippen molar-refractivity contribution in [3.05, 3.63) is 17.8 Å². The maximum Gasteiger partial charge on any atom is 0.495 e. The molecule has 1 atom stereocenters. The van der Waals surface area contributed by atoms with Gasteiger partial charge in [-0.1, -0.05) is 12.8 Å². The number of nitrogens with zero attached hydrogens (tertiary/aromatic N) is 2. The summed E-state index contributed by atoms with van der Waals surface area (Å²) in [5.41, 5.74) is 0.623. The molecule has 1 amide bonds. The van der Waals surface area contributed by atoms with Crippen molar-refractivity contribution in [2.75, 3.05) is 11.5 Å². The fourth-order valence-electron chi connectivity index (χ4n) is 5.38. The van der Waals surface area contributed by atoms with Gasteiger partial charge in [0.2, 0.25) is 5.91 Å². The molecule has 0 aromatic carbocycles. The number of anilines is 1. The van der Waals surface area contributed by atoms with Gasteiger partial charge >= 0.3 is 7.12 Å². The van der Waals surface area contributed by atoms with E-state index in [1.807, 2.05) is 11.0 Å². The normalized spacial score (nSPS) is 29.7. The van der Waals surface area contributed by atoms with Gasteiger partial charge in [0.1, 0.15) is 12.0 Å². The van der Waals surface area contributed by atoms with Gasteiger partial charge in [-0.3, -0.25) is 9.69 Å². The Morgan fingerprint density at radius 1 is 1.07 bits per heavy atom. The van der Waals surface area contributed by atoms with Crippen LogP contribution >= 0.6 is 0 Å². The molecule has 1 unspecified atom stereocenters. The van der Waals surface area contributed by atoms with Gasteiger partial charge in [-0.25, -0.2) is 4.98 Å². The molecule has 1 aliphatic carbocycles. The van der Waals surface area contributed by atoms with Crippen LogP contribution in [0.25, 0.3) is 0 Å². The summed E-state index contributed by atoms with van der Waals surface area (Å²) in [7, 11) is -0.491. The second kappa shape index (κ2) is 6.53. The summed E-state index contributed by atoms with van der Waals surface area (Å²) in [6.07, 6.45) is 8.41. The number of pyridine rings is 1. The molecule has 29 heavy (non-hydrogen) atoms. The van der Waals surface area contributed by atoms with E-state index in [-0.39, 0.29) is 12.1 Å².